The van der Waals surface area contributed by atoms with Crippen molar-refractivity contribution in [2.45, 2.75) is 19.0 Å². The zero-order valence-corrected chi connectivity index (χ0v) is 13.8. The van der Waals surface area contributed by atoms with Gasteiger partial charge in [0.15, 0.2) is 5.65 Å². The Bertz CT molecular complexity index is 958. The number of rotatable bonds is 3. The molecular weight excluding hydrogens is 367 g/mol. The highest BCUT2D eigenvalue weighted by molar-refractivity contribution is 5.91. The van der Waals surface area contributed by atoms with Crippen molar-refractivity contribution >= 4 is 23.3 Å². The summed E-state index contributed by atoms with van der Waals surface area (Å²) in [6.07, 6.45) is -2.07. The molecule has 1 aliphatic rings. The number of H-pyrrole nitrogens is 1. The lowest BCUT2D eigenvalue weighted by molar-refractivity contribution is -0.144. The number of alkyl halides is 3. The molecule has 0 unspecified atom stereocenters. The number of amides is 1. The highest BCUT2D eigenvalue weighted by Crippen LogP contribution is 2.27. The SMILES string of the molecule is O=C(Nc1n[nH]c(C(F)(F)F)n1)C1CCN(c2ccc3nncn3n2)CC1. The molecule has 0 radical (unpaired) electrons. The Morgan fingerprint density at radius 1 is 1.26 bits per heavy atom. The van der Waals surface area contributed by atoms with Gasteiger partial charge in [0.05, 0.1) is 0 Å². The van der Waals surface area contributed by atoms with E-state index in [1.807, 2.05) is 11.0 Å². The summed E-state index contributed by atoms with van der Waals surface area (Å²) in [5, 5.41) is 19.6. The van der Waals surface area contributed by atoms with Gasteiger partial charge in [-0.2, -0.15) is 22.7 Å². The van der Waals surface area contributed by atoms with Crippen LogP contribution in [0.3, 0.4) is 0 Å². The number of carbonyl (C=O) groups excluding carboxylic acids is 1. The second kappa shape index (κ2) is 6.48. The van der Waals surface area contributed by atoms with Gasteiger partial charge in [-0.25, -0.2) is 0 Å². The number of aromatic amines is 1. The average molecular weight is 381 g/mol. The maximum atomic E-state index is 12.5. The lowest BCUT2D eigenvalue weighted by Gasteiger charge is -2.31. The first kappa shape index (κ1) is 17.2. The molecule has 0 aliphatic carbocycles. The van der Waals surface area contributed by atoms with Crippen LogP contribution in [-0.2, 0) is 11.0 Å². The molecule has 1 fully saturated rings. The van der Waals surface area contributed by atoms with E-state index in [4.69, 9.17) is 0 Å². The molecule has 3 aromatic rings. The third-order valence-electron chi connectivity index (χ3n) is 4.33. The monoisotopic (exact) mass is 381 g/mol. The maximum Gasteiger partial charge on any atom is 0.451 e. The van der Waals surface area contributed by atoms with Crippen molar-refractivity contribution < 1.29 is 18.0 Å². The summed E-state index contributed by atoms with van der Waals surface area (Å²) in [5.41, 5.74) is 0.637. The summed E-state index contributed by atoms with van der Waals surface area (Å²) in [5.74, 6) is -1.63. The van der Waals surface area contributed by atoms with Gasteiger partial charge in [0.1, 0.15) is 12.1 Å². The predicted molar refractivity (Wildman–Crippen MR) is 85.7 cm³/mol. The lowest BCUT2D eigenvalue weighted by Crippen LogP contribution is -2.38. The summed E-state index contributed by atoms with van der Waals surface area (Å²) < 4.78 is 39.1. The van der Waals surface area contributed by atoms with Crippen LogP contribution in [0.25, 0.3) is 5.65 Å². The van der Waals surface area contributed by atoms with Crippen LogP contribution in [-0.4, -0.2) is 54.0 Å². The molecule has 0 saturated carbocycles. The van der Waals surface area contributed by atoms with Crippen LogP contribution in [0.1, 0.15) is 18.7 Å². The number of hydrogen-bond acceptors (Lipinski definition) is 7. The molecule has 4 rings (SSSR count). The molecule has 0 aromatic carbocycles. The first-order valence-corrected chi connectivity index (χ1v) is 8.12. The standard InChI is InChI=1S/C14H14F3N9O/c15-14(16,17)12-20-13(23-22-12)19-11(27)8-3-5-25(6-4-8)10-2-1-9-21-18-7-26(9)24-10/h1-2,7-8H,3-6H2,(H2,19,20,22,23,27). The van der Waals surface area contributed by atoms with E-state index < -0.39 is 17.9 Å². The summed E-state index contributed by atoms with van der Waals surface area (Å²) in [6, 6.07) is 3.63. The fourth-order valence-corrected chi connectivity index (χ4v) is 2.91. The summed E-state index contributed by atoms with van der Waals surface area (Å²) in [6.45, 7) is 1.17. The topological polar surface area (TPSA) is 117 Å². The molecule has 1 amide bonds. The molecule has 1 aliphatic heterocycles. The summed E-state index contributed by atoms with van der Waals surface area (Å²) in [7, 11) is 0. The second-order valence-corrected chi connectivity index (χ2v) is 6.08. The lowest BCUT2D eigenvalue weighted by atomic mass is 9.96. The van der Waals surface area contributed by atoms with Gasteiger partial charge in [-0.3, -0.25) is 15.2 Å². The number of nitrogens with zero attached hydrogens (tertiary/aromatic N) is 7. The van der Waals surface area contributed by atoms with E-state index in [1.54, 1.807) is 15.7 Å². The minimum atomic E-state index is -4.64. The van der Waals surface area contributed by atoms with Crippen LogP contribution < -0.4 is 10.2 Å². The van der Waals surface area contributed by atoms with Crippen LogP contribution in [0.5, 0.6) is 0 Å². The molecule has 13 heteroatoms. The predicted octanol–water partition coefficient (Wildman–Crippen LogP) is 1.12. The van der Waals surface area contributed by atoms with Gasteiger partial charge in [0.25, 0.3) is 0 Å². The molecule has 0 spiro atoms. The van der Waals surface area contributed by atoms with Crippen molar-refractivity contribution in [3.05, 3.63) is 24.3 Å². The first-order chi connectivity index (χ1) is 12.9. The fraction of sp³-hybridized carbons (Fsp3) is 0.429. The van der Waals surface area contributed by atoms with E-state index >= 15 is 0 Å². The van der Waals surface area contributed by atoms with Crippen molar-refractivity contribution in [3.63, 3.8) is 0 Å². The number of nitrogens with one attached hydrogen (secondary N) is 2. The van der Waals surface area contributed by atoms with Gasteiger partial charge in [-0.15, -0.1) is 20.4 Å². The van der Waals surface area contributed by atoms with Gasteiger partial charge in [-0.05, 0) is 25.0 Å². The molecule has 3 aromatic heterocycles. The van der Waals surface area contributed by atoms with E-state index in [9.17, 15) is 18.0 Å². The normalized spacial score (nSPS) is 16.0. The molecular formula is C14H14F3N9O. The van der Waals surface area contributed by atoms with Gasteiger partial charge >= 0.3 is 6.18 Å². The average Bonchev–Trinajstić information content (AvgIpc) is 3.30. The van der Waals surface area contributed by atoms with Gasteiger partial charge in [0.2, 0.25) is 17.7 Å². The molecule has 142 valence electrons. The van der Waals surface area contributed by atoms with E-state index in [-0.39, 0.29) is 11.9 Å². The maximum absolute atomic E-state index is 12.5. The smallest absolute Gasteiger partial charge is 0.355 e. The van der Waals surface area contributed by atoms with Crippen molar-refractivity contribution in [2.24, 2.45) is 5.92 Å². The molecule has 0 bridgehead atoms. The number of halogens is 3. The Kier molecular flexibility index (Phi) is 4.12. The van der Waals surface area contributed by atoms with Crippen molar-refractivity contribution in [1.29, 1.82) is 0 Å². The number of anilines is 2. The molecule has 2 N–H and O–H groups in total. The highest BCUT2D eigenvalue weighted by atomic mass is 19.4. The summed E-state index contributed by atoms with van der Waals surface area (Å²) >= 11 is 0. The van der Waals surface area contributed by atoms with E-state index in [0.29, 0.717) is 31.6 Å². The van der Waals surface area contributed by atoms with Crippen LogP contribution in [0.4, 0.5) is 24.9 Å². The minimum Gasteiger partial charge on any atom is -0.355 e. The molecule has 10 nitrogen and oxygen atoms in total. The van der Waals surface area contributed by atoms with Crippen LogP contribution in [0, 0.1) is 5.92 Å². The quantitative estimate of drug-likeness (QED) is 0.698. The Morgan fingerprint density at radius 3 is 2.74 bits per heavy atom. The third kappa shape index (κ3) is 3.52. The molecule has 27 heavy (non-hydrogen) atoms. The van der Waals surface area contributed by atoms with E-state index in [1.165, 1.54) is 6.33 Å². The van der Waals surface area contributed by atoms with Crippen LogP contribution in [0.15, 0.2) is 18.5 Å². The largest absolute Gasteiger partial charge is 0.451 e. The van der Waals surface area contributed by atoms with Crippen LogP contribution in [0.2, 0.25) is 0 Å². The zero-order valence-electron chi connectivity index (χ0n) is 13.8. The first-order valence-electron chi connectivity index (χ1n) is 8.12. The Hall–Kier alpha value is -3.25. The Balaban J connectivity index is 1.35. The zero-order chi connectivity index (χ0) is 19.0. The molecule has 4 heterocycles. The second-order valence-electron chi connectivity index (χ2n) is 6.08. The minimum absolute atomic E-state index is 0.340. The van der Waals surface area contributed by atoms with Crippen LogP contribution >= 0.6 is 0 Å². The van der Waals surface area contributed by atoms with E-state index in [2.05, 4.69) is 30.7 Å². The van der Waals surface area contributed by atoms with Gasteiger partial charge in [0, 0.05) is 19.0 Å². The van der Waals surface area contributed by atoms with Crippen molar-refractivity contribution in [3.8, 4) is 0 Å². The number of hydrogen-bond donors (Lipinski definition) is 2. The third-order valence-corrected chi connectivity index (χ3v) is 4.33. The van der Waals surface area contributed by atoms with Gasteiger partial charge < -0.3 is 4.90 Å². The number of carbonyl (C=O) groups is 1. The Morgan fingerprint density at radius 2 is 2.04 bits per heavy atom. The summed E-state index contributed by atoms with van der Waals surface area (Å²) in [4.78, 5) is 17.5. The van der Waals surface area contributed by atoms with Gasteiger partial charge in [-0.1, -0.05) is 0 Å². The Labute approximate surface area is 149 Å². The van der Waals surface area contributed by atoms with E-state index in [0.717, 1.165) is 5.82 Å². The number of piperidine rings is 1. The van der Waals surface area contributed by atoms with Crippen molar-refractivity contribution in [2.75, 3.05) is 23.3 Å². The molecule has 1 saturated heterocycles. The van der Waals surface area contributed by atoms with Crippen molar-refractivity contribution in [1.82, 2.24) is 35.0 Å². The fourth-order valence-electron chi connectivity index (χ4n) is 2.91. The number of aromatic nitrogens is 7. The highest BCUT2D eigenvalue weighted by Gasteiger charge is 2.35. The number of fused-ring (bicyclic) bond motifs is 1. The molecule has 0 atom stereocenters.